The lowest BCUT2D eigenvalue weighted by molar-refractivity contribution is -0.0428. The summed E-state index contributed by atoms with van der Waals surface area (Å²) >= 11 is 0. The lowest BCUT2D eigenvalue weighted by atomic mass is 10.0. The van der Waals surface area contributed by atoms with Gasteiger partial charge in [-0.3, -0.25) is 0 Å². The number of rotatable bonds is 5. The van der Waals surface area contributed by atoms with Crippen molar-refractivity contribution >= 4 is 0 Å². The van der Waals surface area contributed by atoms with E-state index in [0.29, 0.717) is 13.2 Å². The summed E-state index contributed by atoms with van der Waals surface area (Å²) in [5, 5.41) is 8.43. The van der Waals surface area contributed by atoms with Crippen molar-refractivity contribution in [3.8, 4) is 0 Å². The van der Waals surface area contributed by atoms with Gasteiger partial charge in [0.15, 0.2) is 5.82 Å². The molecule has 96 valence electrons. The maximum atomic E-state index is 5.89. The molecule has 5 heteroatoms. The summed E-state index contributed by atoms with van der Waals surface area (Å²) in [5.74, 6) is 2.04. The van der Waals surface area contributed by atoms with E-state index in [1.807, 2.05) is 6.92 Å². The minimum atomic E-state index is -0.249. The van der Waals surface area contributed by atoms with Crippen LogP contribution in [0.1, 0.15) is 44.8 Å². The highest BCUT2D eigenvalue weighted by molar-refractivity contribution is 4.98. The van der Waals surface area contributed by atoms with E-state index in [0.717, 1.165) is 31.0 Å². The van der Waals surface area contributed by atoms with Gasteiger partial charge in [-0.1, -0.05) is 6.92 Å². The summed E-state index contributed by atoms with van der Waals surface area (Å²) in [6.45, 7) is 6.19. The normalized spacial score (nSPS) is 18.8. The summed E-state index contributed by atoms with van der Waals surface area (Å²) in [6.07, 6.45) is 4.37. The summed E-state index contributed by atoms with van der Waals surface area (Å²) in [6, 6.07) is 0. The zero-order chi connectivity index (χ0) is 12.3. The Labute approximate surface area is 102 Å². The van der Waals surface area contributed by atoms with Gasteiger partial charge in [-0.15, -0.1) is 10.2 Å². The SMILES string of the molecule is CCC(C)(CN)OCc1nnc2n1CCCC2. The van der Waals surface area contributed by atoms with Crippen LogP contribution >= 0.6 is 0 Å². The molecule has 0 radical (unpaired) electrons. The highest BCUT2D eigenvalue weighted by Crippen LogP contribution is 2.18. The maximum absolute atomic E-state index is 5.89. The van der Waals surface area contributed by atoms with Crippen molar-refractivity contribution in [3.63, 3.8) is 0 Å². The highest BCUT2D eigenvalue weighted by atomic mass is 16.5. The zero-order valence-corrected chi connectivity index (χ0v) is 10.8. The first-order valence-corrected chi connectivity index (χ1v) is 6.43. The second-order valence-electron chi connectivity index (χ2n) is 4.94. The van der Waals surface area contributed by atoms with Crippen LogP contribution in [0.3, 0.4) is 0 Å². The number of fused-ring (bicyclic) bond motifs is 1. The number of aryl methyl sites for hydroxylation is 1. The van der Waals surface area contributed by atoms with Gasteiger partial charge in [-0.05, 0) is 26.2 Å². The van der Waals surface area contributed by atoms with Crippen molar-refractivity contribution in [1.29, 1.82) is 0 Å². The number of ether oxygens (including phenoxy) is 1. The molecule has 0 amide bonds. The number of hydrogen-bond donors (Lipinski definition) is 1. The van der Waals surface area contributed by atoms with Crippen LogP contribution in [0.5, 0.6) is 0 Å². The predicted molar refractivity (Wildman–Crippen MR) is 65.5 cm³/mol. The van der Waals surface area contributed by atoms with Crippen LogP contribution in [0.4, 0.5) is 0 Å². The molecule has 0 aliphatic carbocycles. The molecule has 2 rings (SSSR count). The Morgan fingerprint density at radius 2 is 2.24 bits per heavy atom. The van der Waals surface area contributed by atoms with Crippen LogP contribution in [-0.2, 0) is 24.3 Å². The molecule has 0 saturated carbocycles. The van der Waals surface area contributed by atoms with Gasteiger partial charge in [0.25, 0.3) is 0 Å². The molecular formula is C12H22N4O. The van der Waals surface area contributed by atoms with Gasteiger partial charge in [-0.25, -0.2) is 0 Å². The third-order valence-corrected chi connectivity index (χ3v) is 3.67. The average Bonchev–Trinajstić information content (AvgIpc) is 2.79. The molecule has 0 saturated heterocycles. The summed E-state index contributed by atoms with van der Waals surface area (Å²) < 4.78 is 8.08. The first-order chi connectivity index (χ1) is 8.18. The molecule has 0 spiro atoms. The molecule has 17 heavy (non-hydrogen) atoms. The van der Waals surface area contributed by atoms with Crippen molar-refractivity contribution < 1.29 is 4.74 Å². The molecule has 1 aromatic rings. The Hall–Kier alpha value is -0.940. The van der Waals surface area contributed by atoms with Gasteiger partial charge in [0.05, 0.1) is 5.60 Å². The number of nitrogens with two attached hydrogens (primary N) is 1. The van der Waals surface area contributed by atoms with E-state index in [2.05, 4.69) is 21.7 Å². The standard InChI is InChI=1S/C12H22N4O/c1-3-12(2,9-13)17-8-11-15-14-10-6-4-5-7-16(10)11/h3-9,13H2,1-2H3. The lowest BCUT2D eigenvalue weighted by Crippen LogP contribution is -2.37. The molecule has 1 aliphatic rings. The van der Waals surface area contributed by atoms with Crippen LogP contribution in [0.15, 0.2) is 0 Å². The van der Waals surface area contributed by atoms with Crippen molar-refractivity contribution in [1.82, 2.24) is 14.8 Å². The van der Waals surface area contributed by atoms with E-state index in [4.69, 9.17) is 10.5 Å². The van der Waals surface area contributed by atoms with Crippen LogP contribution < -0.4 is 5.73 Å². The molecule has 5 nitrogen and oxygen atoms in total. The number of hydrogen-bond acceptors (Lipinski definition) is 4. The van der Waals surface area contributed by atoms with Crippen molar-refractivity contribution in [2.24, 2.45) is 5.73 Å². The zero-order valence-electron chi connectivity index (χ0n) is 10.8. The van der Waals surface area contributed by atoms with Gasteiger partial charge in [0, 0.05) is 19.5 Å². The van der Waals surface area contributed by atoms with E-state index >= 15 is 0 Å². The van der Waals surface area contributed by atoms with E-state index in [1.165, 1.54) is 12.8 Å². The predicted octanol–water partition coefficient (Wildman–Crippen LogP) is 1.26. The Morgan fingerprint density at radius 3 is 2.94 bits per heavy atom. The molecular weight excluding hydrogens is 216 g/mol. The molecule has 2 N–H and O–H groups in total. The van der Waals surface area contributed by atoms with Crippen LogP contribution in [0, 0.1) is 0 Å². The van der Waals surface area contributed by atoms with Gasteiger partial charge in [0.1, 0.15) is 12.4 Å². The Balaban J connectivity index is 2.02. The first-order valence-electron chi connectivity index (χ1n) is 6.43. The van der Waals surface area contributed by atoms with E-state index in [9.17, 15) is 0 Å². The van der Waals surface area contributed by atoms with Crippen molar-refractivity contribution in [2.75, 3.05) is 6.54 Å². The molecule has 1 aromatic heterocycles. The first kappa shape index (κ1) is 12.5. The summed E-state index contributed by atoms with van der Waals surface area (Å²) in [5.41, 5.74) is 5.48. The largest absolute Gasteiger partial charge is 0.366 e. The van der Waals surface area contributed by atoms with Crippen molar-refractivity contribution in [2.45, 2.75) is 58.3 Å². The minimum absolute atomic E-state index is 0.249. The fourth-order valence-corrected chi connectivity index (χ4v) is 2.02. The maximum Gasteiger partial charge on any atom is 0.159 e. The fourth-order valence-electron chi connectivity index (χ4n) is 2.02. The highest BCUT2D eigenvalue weighted by Gasteiger charge is 2.23. The second-order valence-corrected chi connectivity index (χ2v) is 4.94. The fraction of sp³-hybridized carbons (Fsp3) is 0.833. The van der Waals surface area contributed by atoms with Crippen molar-refractivity contribution in [3.05, 3.63) is 11.6 Å². The van der Waals surface area contributed by atoms with Gasteiger partial charge in [0.2, 0.25) is 0 Å². The molecule has 0 bridgehead atoms. The van der Waals surface area contributed by atoms with Gasteiger partial charge >= 0.3 is 0 Å². The topological polar surface area (TPSA) is 66.0 Å². The third kappa shape index (κ3) is 2.66. The number of nitrogens with zero attached hydrogens (tertiary/aromatic N) is 3. The molecule has 1 unspecified atom stereocenters. The third-order valence-electron chi connectivity index (χ3n) is 3.67. The Kier molecular flexibility index (Phi) is 3.79. The van der Waals surface area contributed by atoms with Gasteiger partial charge < -0.3 is 15.0 Å². The molecule has 1 atom stereocenters. The van der Waals surface area contributed by atoms with Crippen LogP contribution in [0.25, 0.3) is 0 Å². The minimum Gasteiger partial charge on any atom is -0.366 e. The smallest absolute Gasteiger partial charge is 0.159 e. The lowest BCUT2D eigenvalue weighted by Gasteiger charge is -2.27. The Bertz CT molecular complexity index is 371. The molecule has 0 aromatic carbocycles. The quantitative estimate of drug-likeness (QED) is 0.838. The summed E-state index contributed by atoms with van der Waals surface area (Å²) in [7, 11) is 0. The monoisotopic (exact) mass is 238 g/mol. The van der Waals surface area contributed by atoms with Crippen LogP contribution in [-0.4, -0.2) is 26.9 Å². The van der Waals surface area contributed by atoms with E-state index in [1.54, 1.807) is 0 Å². The molecule has 1 aliphatic heterocycles. The van der Waals surface area contributed by atoms with Crippen LogP contribution in [0.2, 0.25) is 0 Å². The molecule has 0 fully saturated rings. The van der Waals surface area contributed by atoms with E-state index < -0.39 is 0 Å². The second kappa shape index (κ2) is 5.14. The van der Waals surface area contributed by atoms with Gasteiger partial charge in [-0.2, -0.15) is 0 Å². The average molecular weight is 238 g/mol. The summed E-state index contributed by atoms with van der Waals surface area (Å²) in [4.78, 5) is 0. The van der Waals surface area contributed by atoms with E-state index in [-0.39, 0.29) is 5.60 Å². The molecule has 2 heterocycles. The Morgan fingerprint density at radius 1 is 1.41 bits per heavy atom. The number of aromatic nitrogens is 3.